The predicted molar refractivity (Wildman–Crippen MR) is 65.1 cm³/mol. The Bertz CT molecular complexity index is 341. The van der Waals surface area contributed by atoms with E-state index in [9.17, 15) is 0 Å². The average molecular weight is 268 g/mol. The zero-order valence-electron chi connectivity index (χ0n) is 6.69. The summed E-state index contributed by atoms with van der Waals surface area (Å²) in [5, 5.41) is 9.41. The van der Waals surface area contributed by atoms with Gasteiger partial charge in [0.05, 0.1) is 8.42 Å². The lowest BCUT2D eigenvalue weighted by molar-refractivity contribution is 0.289. The highest BCUT2D eigenvalue weighted by Crippen LogP contribution is 2.47. The zero-order valence-corrected chi connectivity index (χ0v) is 10.8. The van der Waals surface area contributed by atoms with Gasteiger partial charge in [0, 0.05) is 17.6 Å². The van der Waals surface area contributed by atoms with Crippen LogP contribution in [0.25, 0.3) is 0 Å². The normalized spacial score (nSPS) is 21.5. The third-order valence-corrected chi connectivity index (χ3v) is 7.82. The molecule has 2 rings (SSSR count). The number of hydrogen-bond donors (Lipinski definition) is 1. The van der Waals surface area contributed by atoms with Crippen LogP contribution in [0.3, 0.4) is 0 Å². The lowest BCUT2D eigenvalue weighted by Gasteiger charge is -2.18. The van der Waals surface area contributed by atoms with Crippen LogP contribution < -0.4 is 0 Å². The summed E-state index contributed by atoms with van der Waals surface area (Å²) in [4.78, 5) is 0. The van der Waals surface area contributed by atoms with Crippen LogP contribution in [0.15, 0.2) is 8.42 Å². The Morgan fingerprint density at radius 3 is 2.92 bits per heavy atom. The van der Waals surface area contributed by atoms with Gasteiger partial charge in [-0.3, -0.25) is 0 Å². The number of thioether (sulfide) groups is 2. The Kier molecular flexibility index (Phi) is 3.72. The molecule has 2 heterocycles. The maximum atomic E-state index is 8.83. The van der Waals surface area contributed by atoms with E-state index in [-0.39, 0.29) is 0 Å². The minimum absolute atomic E-state index is 0.295. The van der Waals surface area contributed by atoms with Gasteiger partial charge >= 0.3 is 0 Å². The summed E-state index contributed by atoms with van der Waals surface area (Å²) in [6, 6.07) is 0. The van der Waals surface area contributed by atoms with Crippen LogP contribution in [0.2, 0.25) is 0 Å². The van der Waals surface area contributed by atoms with Crippen molar-refractivity contribution in [3.05, 3.63) is 3.14 Å². The fourth-order valence-electron chi connectivity index (χ4n) is 1.06. The van der Waals surface area contributed by atoms with Gasteiger partial charge in [0.2, 0.25) is 0 Å². The topological polar surface area (TPSA) is 20.2 Å². The number of hydrogen-bond acceptors (Lipinski definition) is 6. The van der Waals surface area contributed by atoms with Crippen LogP contribution in [0, 0.1) is 3.14 Å². The first-order chi connectivity index (χ1) is 6.29. The Hall–Kier alpha value is 0.930. The maximum absolute atomic E-state index is 8.83. The molecule has 1 atom stereocenters. The third-order valence-electron chi connectivity index (χ3n) is 1.64. The molecule has 0 saturated heterocycles. The van der Waals surface area contributed by atoms with Crippen molar-refractivity contribution in [3.63, 3.8) is 0 Å². The minimum atomic E-state index is 0.295. The second-order valence-electron chi connectivity index (χ2n) is 2.59. The predicted octanol–water partition coefficient (Wildman–Crippen LogP) is 3.49. The molecule has 0 bridgehead atoms. The summed E-state index contributed by atoms with van der Waals surface area (Å²) < 4.78 is 3.77. The molecule has 0 saturated carbocycles. The first kappa shape index (κ1) is 10.4. The van der Waals surface area contributed by atoms with Gasteiger partial charge in [0.25, 0.3) is 0 Å². The molecular formula is C7H8OS5. The second-order valence-corrected chi connectivity index (χ2v) is 8.67. The van der Waals surface area contributed by atoms with E-state index in [1.807, 2.05) is 23.5 Å². The van der Waals surface area contributed by atoms with Crippen molar-refractivity contribution in [2.75, 3.05) is 12.4 Å². The van der Waals surface area contributed by atoms with E-state index in [0.717, 1.165) is 15.3 Å². The van der Waals surface area contributed by atoms with Gasteiger partial charge in [0.15, 0.2) is 0 Å². The quantitative estimate of drug-likeness (QED) is 0.828. The van der Waals surface area contributed by atoms with Crippen molar-refractivity contribution in [2.24, 2.45) is 0 Å². The molecule has 1 aliphatic rings. The monoisotopic (exact) mass is 268 g/mol. The Labute approximate surface area is 98.6 Å². The summed E-state index contributed by atoms with van der Waals surface area (Å²) in [7, 11) is 0. The molecule has 0 fully saturated rings. The van der Waals surface area contributed by atoms with Crippen LogP contribution in [0.4, 0.5) is 0 Å². The highest BCUT2D eigenvalue weighted by molar-refractivity contribution is 8.08. The van der Waals surface area contributed by atoms with Crippen molar-refractivity contribution in [2.45, 2.75) is 20.1 Å². The van der Waals surface area contributed by atoms with E-state index in [1.54, 1.807) is 22.7 Å². The van der Waals surface area contributed by atoms with Crippen LogP contribution in [0.1, 0.15) is 6.42 Å². The zero-order chi connectivity index (χ0) is 9.26. The van der Waals surface area contributed by atoms with Crippen LogP contribution in [-0.2, 0) is 0 Å². The maximum Gasteiger partial charge on any atom is 0.145 e. The highest BCUT2D eigenvalue weighted by atomic mass is 32.2. The van der Waals surface area contributed by atoms with Crippen molar-refractivity contribution in [3.8, 4) is 0 Å². The molecule has 0 aromatic carbocycles. The van der Waals surface area contributed by atoms with E-state index in [1.165, 1.54) is 8.42 Å². The summed E-state index contributed by atoms with van der Waals surface area (Å²) in [6.45, 7) is 0.295. The molecule has 0 radical (unpaired) electrons. The van der Waals surface area contributed by atoms with Gasteiger partial charge < -0.3 is 5.11 Å². The van der Waals surface area contributed by atoms with Gasteiger partial charge in [-0.15, -0.1) is 46.2 Å². The molecule has 1 aromatic heterocycles. The van der Waals surface area contributed by atoms with E-state index >= 15 is 0 Å². The summed E-state index contributed by atoms with van der Waals surface area (Å²) in [6.07, 6.45) is 0.895. The molecule has 0 aliphatic carbocycles. The van der Waals surface area contributed by atoms with E-state index < -0.39 is 0 Å². The molecule has 0 spiro atoms. The smallest absolute Gasteiger partial charge is 0.145 e. The third kappa shape index (κ3) is 2.49. The Morgan fingerprint density at radius 2 is 2.15 bits per heavy atom. The van der Waals surface area contributed by atoms with Gasteiger partial charge in [-0.2, -0.15) is 0 Å². The van der Waals surface area contributed by atoms with E-state index in [2.05, 4.69) is 0 Å². The molecule has 1 unspecified atom stereocenters. The first-order valence-electron chi connectivity index (χ1n) is 3.84. The summed E-state index contributed by atoms with van der Waals surface area (Å²) in [5.74, 6) is 1.11. The molecular weight excluding hydrogens is 260 g/mol. The molecule has 1 aromatic rings. The molecule has 1 nitrogen and oxygen atoms in total. The minimum Gasteiger partial charge on any atom is -0.396 e. The number of rotatable bonds is 2. The van der Waals surface area contributed by atoms with E-state index in [0.29, 0.717) is 11.9 Å². The fourth-order valence-corrected chi connectivity index (χ4v) is 7.73. The highest BCUT2D eigenvalue weighted by Gasteiger charge is 2.21. The van der Waals surface area contributed by atoms with Crippen molar-refractivity contribution >= 4 is 58.4 Å². The number of aliphatic hydroxyl groups excluding tert-OH is 1. The van der Waals surface area contributed by atoms with Crippen molar-refractivity contribution < 1.29 is 5.11 Å². The standard InChI is InChI=1S/C7H8OS5/c8-2-1-4-3-10-5-6(11-4)13-7(9)12-5/h4,8H,1-3H2. The Balaban J connectivity index is 2.14. The van der Waals surface area contributed by atoms with Crippen molar-refractivity contribution in [1.82, 2.24) is 0 Å². The van der Waals surface area contributed by atoms with Crippen LogP contribution >= 0.6 is 58.4 Å². The molecule has 6 heteroatoms. The lowest BCUT2D eigenvalue weighted by atomic mass is 10.3. The SMILES string of the molecule is OCCC1CSc2sc(=S)sc2S1. The molecule has 1 N–H and O–H groups in total. The van der Waals surface area contributed by atoms with Crippen LogP contribution in [0.5, 0.6) is 0 Å². The van der Waals surface area contributed by atoms with Gasteiger partial charge in [0.1, 0.15) is 3.14 Å². The second kappa shape index (κ2) is 4.63. The largest absolute Gasteiger partial charge is 0.396 e. The Morgan fingerprint density at radius 1 is 1.38 bits per heavy atom. The van der Waals surface area contributed by atoms with Gasteiger partial charge in [-0.1, -0.05) is 12.2 Å². The summed E-state index contributed by atoms with van der Waals surface area (Å²) >= 11 is 12.4. The van der Waals surface area contributed by atoms with Crippen molar-refractivity contribution in [1.29, 1.82) is 0 Å². The molecule has 1 aliphatic heterocycles. The number of fused-ring (bicyclic) bond motifs is 1. The molecule has 13 heavy (non-hydrogen) atoms. The first-order valence-corrected chi connectivity index (χ1v) is 7.74. The fraction of sp³-hybridized carbons (Fsp3) is 0.571. The summed E-state index contributed by atoms with van der Waals surface area (Å²) in [5.41, 5.74) is 0. The van der Waals surface area contributed by atoms with E-state index in [4.69, 9.17) is 17.3 Å². The number of aliphatic hydroxyl groups is 1. The van der Waals surface area contributed by atoms with Crippen LogP contribution in [-0.4, -0.2) is 22.7 Å². The molecule has 0 amide bonds. The van der Waals surface area contributed by atoms with Gasteiger partial charge in [-0.05, 0) is 6.42 Å². The lowest BCUT2D eigenvalue weighted by Crippen LogP contribution is -2.10. The van der Waals surface area contributed by atoms with Gasteiger partial charge in [-0.25, -0.2) is 0 Å². The molecule has 72 valence electrons. The average Bonchev–Trinajstić information content (AvgIpc) is 2.44.